The van der Waals surface area contributed by atoms with Crippen LogP contribution >= 0.6 is 23.4 Å². The molecule has 2 heterocycles. The van der Waals surface area contributed by atoms with Crippen LogP contribution in [-0.4, -0.2) is 74.8 Å². The predicted octanol–water partition coefficient (Wildman–Crippen LogP) is 6.57. The number of piperazine rings is 1. The molecule has 0 amide bonds. The van der Waals surface area contributed by atoms with E-state index in [1.807, 2.05) is 17.8 Å². The molecule has 0 aliphatic carbocycles. The smallest absolute Gasteiger partial charge is 0.119 e. The number of nitrogens with zero attached hydrogens (tertiary/aromatic N) is 3. The second kappa shape index (κ2) is 13.9. The van der Waals surface area contributed by atoms with Gasteiger partial charge in [-0.25, -0.2) is 0 Å². The third-order valence-electron chi connectivity index (χ3n) is 7.47. The molecule has 5 nitrogen and oxygen atoms in total. The lowest BCUT2D eigenvalue weighted by atomic mass is 10.1. The van der Waals surface area contributed by atoms with Crippen molar-refractivity contribution in [2.45, 2.75) is 42.5 Å². The van der Waals surface area contributed by atoms with Crippen LogP contribution in [0.1, 0.15) is 25.8 Å². The van der Waals surface area contributed by atoms with Gasteiger partial charge in [0.1, 0.15) is 12.4 Å². The first-order valence-electron chi connectivity index (χ1n) is 14.3. The largest absolute Gasteiger partial charge is 0.492 e. The van der Waals surface area contributed by atoms with Gasteiger partial charge in [-0.2, -0.15) is 0 Å². The lowest BCUT2D eigenvalue weighted by Crippen LogP contribution is -2.47. The van der Waals surface area contributed by atoms with Crippen molar-refractivity contribution in [2.24, 2.45) is 0 Å². The Morgan fingerprint density at radius 3 is 2.33 bits per heavy atom. The lowest BCUT2D eigenvalue weighted by molar-refractivity contribution is 0.116. The number of ether oxygens (including phenoxy) is 1. The molecular weight excluding hydrogens is 524 g/mol. The van der Waals surface area contributed by atoms with Crippen molar-refractivity contribution in [1.29, 1.82) is 0 Å². The molecule has 0 saturated carbocycles. The molecule has 0 atom stereocenters. The Labute approximate surface area is 243 Å². The quantitative estimate of drug-likeness (QED) is 0.268. The monoisotopic (exact) mass is 564 g/mol. The molecule has 7 heteroatoms. The van der Waals surface area contributed by atoms with Gasteiger partial charge in [0.15, 0.2) is 0 Å². The van der Waals surface area contributed by atoms with E-state index in [2.05, 4.69) is 94.5 Å². The average molecular weight is 565 g/mol. The summed E-state index contributed by atoms with van der Waals surface area (Å²) in [4.78, 5) is 10.2. The molecule has 1 fully saturated rings. The fourth-order valence-corrected chi connectivity index (χ4v) is 6.52. The van der Waals surface area contributed by atoms with E-state index in [1.54, 1.807) is 0 Å². The predicted molar refractivity (Wildman–Crippen MR) is 165 cm³/mol. The number of nitrogens with one attached hydrogen (secondary N) is 1. The molecule has 3 aromatic rings. The zero-order chi connectivity index (χ0) is 27.0. The highest BCUT2D eigenvalue weighted by Crippen LogP contribution is 2.48. The maximum atomic E-state index is 6.38. The maximum absolute atomic E-state index is 6.38. The van der Waals surface area contributed by atoms with Crippen molar-refractivity contribution in [2.75, 3.05) is 63.9 Å². The zero-order valence-electron chi connectivity index (χ0n) is 23.2. The summed E-state index contributed by atoms with van der Waals surface area (Å²) >= 11 is 8.22. The Morgan fingerprint density at radius 1 is 0.846 bits per heavy atom. The van der Waals surface area contributed by atoms with Crippen molar-refractivity contribution >= 4 is 34.7 Å². The van der Waals surface area contributed by atoms with Crippen molar-refractivity contribution in [3.63, 3.8) is 0 Å². The van der Waals surface area contributed by atoms with Crippen LogP contribution in [0.5, 0.6) is 5.75 Å². The van der Waals surface area contributed by atoms with Crippen molar-refractivity contribution in [3.05, 3.63) is 77.3 Å². The van der Waals surface area contributed by atoms with Gasteiger partial charge in [0.25, 0.3) is 0 Å². The molecule has 1 N–H and O–H groups in total. The Morgan fingerprint density at radius 2 is 1.56 bits per heavy atom. The number of para-hydroxylation sites is 1. The molecule has 0 spiro atoms. The number of fused-ring (bicyclic) bond motifs is 2. The summed E-state index contributed by atoms with van der Waals surface area (Å²) in [6.07, 6.45) is 2.17. The van der Waals surface area contributed by atoms with Crippen LogP contribution in [0.4, 0.5) is 11.4 Å². The number of benzene rings is 3. The summed E-state index contributed by atoms with van der Waals surface area (Å²) in [5.74, 6) is 0.967. The topological polar surface area (TPSA) is 31.0 Å². The molecule has 39 heavy (non-hydrogen) atoms. The van der Waals surface area contributed by atoms with E-state index in [9.17, 15) is 0 Å². The normalized spacial score (nSPS) is 15.8. The van der Waals surface area contributed by atoms with Crippen LogP contribution in [0.3, 0.4) is 0 Å². The maximum Gasteiger partial charge on any atom is 0.119 e. The third kappa shape index (κ3) is 7.92. The molecular formula is C32H41ClN4OS. The highest BCUT2D eigenvalue weighted by molar-refractivity contribution is 7.99. The minimum Gasteiger partial charge on any atom is -0.492 e. The summed E-state index contributed by atoms with van der Waals surface area (Å²) < 4.78 is 6.04. The first kappa shape index (κ1) is 28.3. The molecule has 0 bridgehead atoms. The molecule has 3 aromatic carbocycles. The van der Waals surface area contributed by atoms with Crippen molar-refractivity contribution in [1.82, 2.24) is 15.1 Å². The van der Waals surface area contributed by atoms with Crippen molar-refractivity contribution in [3.8, 4) is 5.75 Å². The molecule has 208 valence electrons. The molecule has 1 saturated heterocycles. The Kier molecular flexibility index (Phi) is 10.1. The SMILES string of the molecule is CC(C)NCCc1ccc(OCCN2CCN(CCCN3c4ccccc4Sc4ccc(Cl)cc43)CC2)cc1. The van der Waals surface area contributed by atoms with E-state index in [-0.39, 0.29) is 0 Å². The third-order valence-corrected chi connectivity index (χ3v) is 8.84. The van der Waals surface area contributed by atoms with E-state index >= 15 is 0 Å². The second-order valence-corrected chi connectivity index (χ2v) is 12.2. The number of halogens is 1. The van der Waals surface area contributed by atoms with E-state index in [0.717, 1.165) is 82.6 Å². The van der Waals surface area contributed by atoms with Gasteiger partial charge >= 0.3 is 0 Å². The standard InChI is InChI=1S/C32H41ClN4OS/c1-25(2)34-15-14-26-8-11-28(12-9-26)38-23-22-36-20-18-35(19-21-36)16-5-17-37-29-6-3-4-7-31(29)39-32-13-10-27(33)24-30(32)37/h3-4,6-13,24-25,34H,5,14-23H2,1-2H3. The average Bonchev–Trinajstić information content (AvgIpc) is 2.94. The molecule has 5 rings (SSSR count). The molecule has 2 aliphatic rings. The molecule has 0 unspecified atom stereocenters. The fraction of sp³-hybridized carbons (Fsp3) is 0.438. The van der Waals surface area contributed by atoms with Crippen molar-refractivity contribution < 1.29 is 4.74 Å². The zero-order valence-corrected chi connectivity index (χ0v) is 24.8. The lowest BCUT2D eigenvalue weighted by Gasteiger charge is -2.36. The Balaban J connectivity index is 1.02. The first-order valence-corrected chi connectivity index (χ1v) is 15.5. The number of hydrogen-bond donors (Lipinski definition) is 1. The number of anilines is 2. The molecule has 0 radical (unpaired) electrons. The van der Waals surface area contributed by atoms with Gasteiger partial charge in [-0.1, -0.05) is 61.5 Å². The first-order chi connectivity index (χ1) is 19.0. The van der Waals surface area contributed by atoms with E-state index in [1.165, 1.54) is 26.7 Å². The van der Waals surface area contributed by atoms with Gasteiger partial charge < -0.3 is 19.9 Å². The van der Waals surface area contributed by atoms with E-state index in [0.29, 0.717) is 6.04 Å². The van der Waals surface area contributed by atoms with Crippen LogP contribution in [0, 0.1) is 0 Å². The van der Waals surface area contributed by atoms with Crippen LogP contribution in [-0.2, 0) is 6.42 Å². The van der Waals surface area contributed by atoms with Crippen LogP contribution in [0.15, 0.2) is 76.5 Å². The number of rotatable bonds is 12. The molecule has 0 aromatic heterocycles. The highest BCUT2D eigenvalue weighted by atomic mass is 35.5. The van der Waals surface area contributed by atoms with Gasteiger partial charge in [0.2, 0.25) is 0 Å². The summed E-state index contributed by atoms with van der Waals surface area (Å²) in [5.41, 5.74) is 3.87. The second-order valence-electron chi connectivity index (χ2n) is 10.7. The van der Waals surface area contributed by atoms with Crippen LogP contribution in [0.2, 0.25) is 5.02 Å². The van der Waals surface area contributed by atoms with Gasteiger partial charge in [-0.15, -0.1) is 0 Å². The fourth-order valence-electron chi connectivity index (χ4n) is 5.28. The summed E-state index contributed by atoms with van der Waals surface area (Å²) in [6.45, 7) is 13.7. The minimum absolute atomic E-state index is 0.532. The van der Waals surface area contributed by atoms with Gasteiger partial charge in [0.05, 0.1) is 11.4 Å². The van der Waals surface area contributed by atoms with E-state index in [4.69, 9.17) is 16.3 Å². The Hall–Kier alpha value is -2.22. The summed E-state index contributed by atoms with van der Waals surface area (Å²) in [5, 5.41) is 4.27. The van der Waals surface area contributed by atoms with E-state index < -0.39 is 0 Å². The summed E-state index contributed by atoms with van der Waals surface area (Å²) in [6, 6.07) is 24.1. The molecule has 2 aliphatic heterocycles. The van der Waals surface area contributed by atoms with Crippen LogP contribution in [0.25, 0.3) is 0 Å². The Bertz CT molecular complexity index is 1200. The van der Waals surface area contributed by atoms with Gasteiger partial charge in [-0.05, 0) is 74.0 Å². The van der Waals surface area contributed by atoms with Gasteiger partial charge in [0, 0.05) is 60.1 Å². The number of hydrogen-bond acceptors (Lipinski definition) is 6. The van der Waals surface area contributed by atoms with Crippen LogP contribution < -0.4 is 15.0 Å². The minimum atomic E-state index is 0.532. The highest BCUT2D eigenvalue weighted by Gasteiger charge is 2.24. The van der Waals surface area contributed by atoms with Gasteiger partial charge in [-0.3, -0.25) is 4.90 Å². The summed E-state index contributed by atoms with van der Waals surface area (Å²) in [7, 11) is 0.